The molecule has 2 heterocycles. The molecule has 5 nitrogen and oxygen atoms in total. The van der Waals surface area contributed by atoms with Crippen LogP contribution < -0.4 is 5.32 Å². The van der Waals surface area contributed by atoms with Gasteiger partial charge in [0, 0.05) is 42.5 Å². The van der Waals surface area contributed by atoms with E-state index < -0.39 is 11.6 Å². The van der Waals surface area contributed by atoms with E-state index in [1.165, 1.54) is 18.3 Å². The molecule has 2 aromatic carbocycles. The Balaban J connectivity index is 1.48. The number of aromatic hydroxyl groups is 1. The van der Waals surface area contributed by atoms with Gasteiger partial charge in [-0.15, -0.1) is 0 Å². The Morgan fingerprint density at radius 1 is 1.07 bits per heavy atom. The van der Waals surface area contributed by atoms with E-state index in [-0.39, 0.29) is 16.8 Å². The van der Waals surface area contributed by atoms with Gasteiger partial charge in [0.1, 0.15) is 11.6 Å². The van der Waals surface area contributed by atoms with Crippen LogP contribution in [0.25, 0.3) is 10.9 Å². The smallest absolute Gasteiger partial charge is 0.198 e. The molecule has 146 valence electrons. The highest BCUT2D eigenvalue weighted by Gasteiger charge is 2.12. The fourth-order valence-corrected chi connectivity index (χ4v) is 3.08. The van der Waals surface area contributed by atoms with Gasteiger partial charge < -0.3 is 15.4 Å². The summed E-state index contributed by atoms with van der Waals surface area (Å²) in [7, 11) is 0. The zero-order chi connectivity index (χ0) is 20.2. The first-order valence-corrected chi connectivity index (χ1v) is 9.08. The van der Waals surface area contributed by atoms with Crippen molar-refractivity contribution in [3.8, 4) is 5.88 Å². The summed E-state index contributed by atoms with van der Waals surface area (Å²) in [6.07, 6.45) is 3.71. The molecule has 0 unspecified atom stereocenters. The lowest BCUT2D eigenvalue weighted by atomic mass is 10.1. The molecule has 2 aromatic heterocycles. The van der Waals surface area contributed by atoms with E-state index in [9.17, 15) is 13.9 Å². The van der Waals surface area contributed by atoms with Crippen molar-refractivity contribution in [3.05, 3.63) is 83.7 Å². The Hall–Kier alpha value is -3.74. The van der Waals surface area contributed by atoms with E-state index in [1.54, 1.807) is 30.5 Å². The number of aromatic amines is 1. The van der Waals surface area contributed by atoms with Crippen molar-refractivity contribution in [2.24, 2.45) is 4.99 Å². The van der Waals surface area contributed by atoms with E-state index >= 15 is 0 Å². The van der Waals surface area contributed by atoms with Crippen LogP contribution in [-0.4, -0.2) is 27.8 Å². The highest BCUT2D eigenvalue weighted by molar-refractivity contribution is 6.02. The molecule has 0 radical (unpaired) electrons. The van der Waals surface area contributed by atoms with Crippen molar-refractivity contribution < 1.29 is 13.9 Å². The van der Waals surface area contributed by atoms with Crippen molar-refractivity contribution >= 4 is 28.5 Å². The molecule has 0 amide bonds. The zero-order valence-corrected chi connectivity index (χ0v) is 15.4. The third kappa shape index (κ3) is 4.08. The second-order valence-corrected chi connectivity index (χ2v) is 6.47. The monoisotopic (exact) mass is 392 g/mol. The highest BCUT2D eigenvalue weighted by Crippen LogP contribution is 2.29. The Kier molecular flexibility index (Phi) is 5.20. The first kappa shape index (κ1) is 18.6. The van der Waals surface area contributed by atoms with Crippen molar-refractivity contribution in [1.29, 1.82) is 0 Å². The third-order valence-corrected chi connectivity index (χ3v) is 4.51. The molecule has 0 aliphatic carbocycles. The highest BCUT2D eigenvalue weighted by atomic mass is 19.1. The van der Waals surface area contributed by atoms with Crippen LogP contribution in [0.5, 0.6) is 5.88 Å². The van der Waals surface area contributed by atoms with E-state index in [0.29, 0.717) is 29.9 Å². The Morgan fingerprint density at radius 2 is 1.97 bits per heavy atom. The SMILES string of the molecule is Oc1[nH]c2cccc(F)c2c1C=Nc1ccc(NCCc2ccccn2)c(F)c1. The minimum atomic E-state index is -0.473. The Morgan fingerprint density at radius 3 is 2.76 bits per heavy atom. The van der Waals surface area contributed by atoms with Gasteiger partial charge in [0.05, 0.1) is 22.5 Å². The van der Waals surface area contributed by atoms with Crippen molar-refractivity contribution in [2.75, 3.05) is 11.9 Å². The van der Waals surface area contributed by atoms with Gasteiger partial charge in [-0.05, 0) is 36.4 Å². The number of pyridine rings is 1. The number of hydrogen-bond acceptors (Lipinski definition) is 4. The van der Waals surface area contributed by atoms with Gasteiger partial charge in [0.15, 0.2) is 5.88 Å². The average molecular weight is 392 g/mol. The molecule has 29 heavy (non-hydrogen) atoms. The molecule has 0 saturated carbocycles. The summed E-state index contributed by atoms with van der Waals surface area (Å²) in [5, 5.41) is 13.3. The summed E-state index contributed by atoms with van der Waals surface area (Å²) < 4.78 is 28.4. The average Bonchev–Trinajstić information content (AvgIpc) is 3.05. The van der Waals surface area contributed by atoms with E-state index in [1.807, 2.05) is 18.2 Å². The van der Waals surface area contributed by atoms with Gasteiger partial charge in [-0.2, -0.15) is 0 Å². The molecular weight excluding hydrogens is 374 g/mol. The lowest BCUT2D eigenvalue weighted by Crippen LogP contribution is -2.07. The molecule has 0 spiro atoms. The summed E-state index contributed by atoms with van der Waals surface area (Å²) in [4.78, 5) is 11.1. The van der Waals surface area contributed by atoms with Crippen LogP contribution in [0.2, 0.25) is 0 Å². The predicted molar refractivity (Wildman–Crippen MR) is 110 cm³/mol. The maximum Gasteiger partial charge on any atom is 0.198 e. The van der Waals surface area contributed by atoms with Crippen LogP contribution in [-0.2, 0) is 6.42 Å². The van der Waals surface area contributed by atoms with Gasteiger partial charge in [-0.25, -0.2) is 8.78 Å². The van der Waals surface area contributed by atoms with Crippen LogP contribution in [0.4, 0.5) is 20.2 Å². The van der Waals surface area contributed by atoms with Crippen LogP contribution >= 0.6 is 0 Å². The first-order valence-electron chi connectivity index (χ1n) is 9.08. The van der Waals surface area contributed by atoms with Gasteiger partial charge in [0.25, 0.3) is 0 Å². The van der Waals surface area contributed by atoms with Crippen LogP contribution in [0, 0.1) is 11.6 Å². The molecule has 7 heteroatoms. The van der Waals surface area contributed by atoms with Crippen LogP contribution in [0.15, 0.2) is 65.8 Å². The molecule has 0 aliphatic rings. The number of rotatable bonds is 6. The topological polar surface area (TPSA) is 73.3 Å². The molecule has 3 N–H and O–H groups in total. The van der Waals surface area contributed by atoms with Crippen LogP contribution in [0.1, 0.15) is 11.3 Å². The van der Waals surface area contributed by atoms with Gasteiger partial charge in [-0.1, -0.05) is 12.1 Å². The molecule has 4 rings (SSSR count). The number of anilines is 1. The van der Waals surface area contributed by atoms with Crippen molar-refractivity contribution in [3.63, 3.8) is 0 Å². The Bertz CT molecular complexity index is 1170. The van der Waals surface area contributed by atoms with Crippen molar-refractivity contribution in [2.45, 2.75) is 6.42 Å². The first-order chi connectivity index (χ1) is 14.1. The number of fused-ring (bicyclic) bond motifs is 1. The number of hydrogen-bond donors (Lipinski definition) is 3. The number of halogens is 2. The molecule has 0 fully saturated rings. The largest absolute Gasteiger partial charge is 0.494 e. The second kappa shape index (κ2) is 8.10. The van der Waals surface area contributed by atoms with Crippen molar-refractivity contribution in [1.82, 2.24) is 9.97 Å². The summed E-state index contributed by atoms with van der Waals surface area (Å²) in [5.41, 5.74) is 2.31. The molecule has 4 aromatic rings. The summed E-state index contributed by atoms with van der Waals surface area (Å²) >= 11 is 0. The maximum absolute atomic E-state index is 14.4. The standard InChI is InChI=1S/C22H18F2N4O/c23-17-5-3-6-20-21(17)16(22(29)28-20)13-27-15-7-8-19(18(24)12-15)26-11-9-14-4-1-2-10-25-14/h1-8,10,12-13,26,28-29H,9,11H2. The van der Waals surface area contributed by atoms with E-state index in [4.69, 9.17) is 0 Å². The molecule has 0 aliphatic heterocycles. The summed E-state index contributed by atoms with van der Waals surface area (Å²) in [6.45, 7) is 0.541. The summed E-state index contributed by atoms with van der Waals surface area (Å²) in [5.74, 6) is -1.11. The number of benzene rings is 2. The fourth-order valence-electron chi connectivity index (χ4n) is 3.08. The second-order valence-electron chi connectivity index (χ2n) is 6.47. The number of H-pyrrole nitrogens is 1. The maximum atomic E-state index is 14.4. The van der Waals surface area contributed by atoms with Crippen LogP contribution in [0.3, 0.4) is 0 Å². The number of aromatic nitrogens is 2. The fraction of sp³-hybridized carbons (Fsp3) is 0.0909. The number of aliphatic imine (C=N–C) groups is 1. The van der Waals surface area contributed by atoms with Gasteiger partial charge in [0.2, 0.25) is 0 Å². The molecular formula is C22H18F2N4O. The minimum absolute atomic E-state index is 0.192. The van der Waals surface area contributed by atoms with Gasteiger partial charge in [-0.3, -0.25) is 9.98 Å². The van der Waals surface area contributed by atoms with E-state index in [0.717, 1.165) is 5.69 Å². The molecule has 0 saturated heterocycles. The quantitative estimate of drug-likeness (QED) is 0.407. The van der Waals surface area contributed by atoms with Gasteiger partial charge >= 0.3 is 0 Å². The number of nitrogens with zero attached hydrogens (tertiary/aromatic N) is 2. The Labute approximate surface area is 165 Å². The normalized spacial score (nSPS) is 11.4. The zero-order valence-electron chi connectivity index (χ0n) is 15.4. The lowest BCUT2D eigenvalue weighted by Gasteiger charge is -2.07. The lowest BCUT2D eigenvalue weighted by molar-refractivity contribution is 0.457. The predicted octanol–water partition coefficient (Wildman–Crippen LogP) is 4.95. The summed E-state index contributed by atoms with van der Waals surface area (Å²) in [6, 6.07) is 14.7. The number of nitrogens with one attached hydrogen (secondary N) is 2. The molecule has 0 bridgehead atoms. The minimum Gasteiger partial charge on any atom is -0.494 e. The van der Waals surface area contributed by atoms with E-state index in [2.05, 4.69) is 20.3 Å². The third-order valence-electron chi connectivity index (χ3n) is 4.51. The molecule has 0 atom stereocenters.